The zero-order valence-electron chi connectivity index (χ0n) is 9.59. The van der Waals surface area contributed by atoms with Gasteiger partial charge >= 0.3 is 6.18 Å². The van der Waals surface area contributed by atoms with Crippen molar-refractivity contribution in [2.45, 2.75) is 49.4 Å². The lowest BCUT2D eigenvalue weighted by molar-refractivity contribution is -0.189. The summed E-state index contributed by atoms with van der Waals surface area (Å²) in [5.41, 5.74) is 4.39. The van der Waals surface area contributed by atoms with Crippen LogP contribution in [-0.2, 0) is 0 Å². The third-order valence-electron chi connectivity index (χ3n) is 4.27. The van der Waals surface area contributed by atoms with Crippen molar-refractivity contribution in [3.8, 4) is 0 Å². The van der Waals surface area contributed by atoms with Crippen LogP contribution in [0.1, 0.15) is 32.1 Å². The fraction of sp³-hybridized carbons (Fsp3) is 1.00. The lowest BCUT2D eigenvalue weighted by atomic mass is 9.67. The second-order valence-corrected chi connectivity index (χ2v) is 6.41. The number of halogens is 3. The Bertz CT molecular complexity index is 281. The molecular formula is C11H18F3NOS. The molecule has 6 heteroatoms. The number of alkyl halides is 3. The predicted octanol–water partition coefficient (Wildman–Crippen LogP) is 2.30. The van der Waals surface area contributed by atoms with Gasteiger partial charge in [0.1, 0.15) is 0 Å². The van der Waals surface area contributed by atoms with Crippen LogP contribution in [0, 0.1) is 5.92 Å². The summed E-state index contributed by atoms with van der Waals surface area (Å²) in [6.07, 6.45) is -2.87. The van der Waals surface area contributed by atoms with Gasteiger partial charge in [-0.3, -0.25) is 0 Å². The Morgan fingerprint density at radius 2 is 1.76 bits per heavy atom. The molecule has 2 fully saturated rings. The summed E-state index contributed by atoms with van der Waals surface area (Å²) in [6.45, 7) is 0. The van der Waals surface area contributed by atoms with Crippen molar-refractivity contribution >= 4 is 11.8 Å². The van der Waals surface area contributed by atoms with E-state index in [0.29, 0.717) is 12.2 Å². The minimum absolute atomic E-state index is 0.0486. The van der Waals surface area contributed by atoms with E-state index >= 15 is 0 Å². The maximum atomic E-state index is 12.6. The van der Waals surface area contributed by atoms with Crippen molar-refractivity contribution in [3.63, 3.8) is 0 Å². The first-order valence-corrected chi connectivity index (χ1v) is 7.08. The minimum Gasteiger partial charge on any atom is -0.387 e. The van der Waals surface area contributed by atoms with E-state index in [9.17, 15) is 18.3 Å². The summed E-state index contributed by atoms with van der Waals surface area (Å²) in [4.78, 5) is 0. The topological polar surface area (TPSA) is 46.2 Å². The molecule has 2 aliphatic rings. The van der Waals surface area contributed by atoms with E-state index < -0.39 is 23.2 Å². The molecule has 1 aliphatic carbocycles. The van der Waals surface area contributed by atoms with E-state index in [0.717, 1.165) is 5.75 Å². The largest absolute Gasteiger partial charge is 0.391 e. The Kier molecular flexibility index (Phi) is 3.42. The van der Waals surface area contributed by atoms with Crippen molar-refractivity contribution in [3.05, 3.63) is 0 Å². The standard InChI is InChI=1S/C11H18F3NOS/c12-11(13,14)8-1-3-9(15,4-2-8)10(16)5-6-17-7-10/h8,16H,1-7,15H2. The van der Waals surface area contributed by atoms with Crippen LogP contribution in [0.4, 0.5) is 13.2 Å². The molecule has 100 valence electrons. The molecule has 1 heterocycles. The first-order valence-electron chi connectivity index (χ1n) is 5.93. The third kappa shape index (κ3) is 2.44. The van der Waals surface area contributed by atoms with Gasteiger partial charge in [0, 0.05) is 11.3 Å². The van der Waals surface area contributed by atoms with Gasteiger partial charge in [0.2, 0.25) is 0 Å². The number of rotatable bonds is 1. The van der Waals surface area contributed by atoms with Gasteiger partial charge in [-0.25, -0.2) is 0 Å². The van der Waals surface area contributed by atoms with Crippen molar-refractivity contribution in [2.24, 2.45) is 11.7 Å². The van der Waals surface area contributed by atoms with Crippen molar-refractivity contribution < 1.29 is 18.3 Å². The first kappa shape index (κ1) is 13.5. The van der Waals surface area contributed by atoms with Crippen LogP contribution < -0.4 is 5.73 Å². The Morgan fingerprint density at radius 1 is 1.18 bits per heavy atom. The molecular weight excluding hydrogens is 251 g/mol. The average molecular weight is 269 g/mol. The molecule has 0 aromatic heterocycles. The summed E-state index contributed by atoms with van der Waals surface area (Å²) < 4.78 is 37.7. The minimum atomic E-state index is -4.12. The molecule has 17 heavy (non-hydrogen) atoms. The highest BCUT2D eigenvalue weighted by Gasteiger charge is 2.53. The van der Waals surface area contributed by atoms with Crippen LogP contribution in [0.3, 0.4) is 0 Å². The molecule has 2 nitrogen and oxygen atoms in total. The number of aliphatic hydroxyl groups is 1. The van der Waals surface area contributed by atoms with Gasteiger partial charge in [-0.15, -0.1) is 0 Å². The van der Waals surface area contributed by atoms with Crippen LogP contribution in [0.2, 0.25) is 0 Å². The molecule has 2 rings (SSSR count). The van der Waals surface area contributed by atoms with Gasteiger partial charge in [0.05, 0.1) is 11.5 Å². The molecule has 1 aliphatic heterocycles. The normalized spacial score (nSPS) is 43.9. The average Bonchev–Trinajstić information content (AvgIpc) is 2.66. The maximum absolute atomic E-state index is 12.6. The second-order valence-electron chi connectivity index (χ2n) is 5.31. The molecule has 0 radical (unpaired) electrons. The highest BCUT2D eigenvalue weighted by atomic mass is 32.2. The lowest BCUT2D eigenvalue weighted by Crippen LogP contribution is -2.62. The van der Waals surface area contributed by atoms with E-state index in [-0.39, 0.29) is 25.7 Å². The third-order valence-corrected chi connectivity index (χ3v) is 5.44. The number of thioether (sulfide) groups is 1. The quantitative estimate of drug-likeness (QED) is 0.768. The number of hydrogen-bond acceptors (Lipinski definition) is 3. The van der Waals surface area contributed by atoms with E-state index in [1.165, 1.54) is 0 Å². The maximum Gasteiger partial charge on any atom is 0.391 e. The molecule has 1 saturated carbocycles. The van der Waals surface area contributed by atoms with Crippen LogP contribution in [0.15, 0.2) is 0 Å². The smallest absolute Gasteiger partial charge is 0.387 e. The van der Waals surface area contributed by atoms with Gasteiger partial charge in [-0.05, 0) is 37.9 Å². The second kappa shape index (κ2) is 4.31. The molecule has 3 N–H and O–H groups in total. The molecule has 0 aromatic rings. The zero-order chi connectivity index (χ0) is 12.7. The van der Waals surface area contributed by atoms with Crippen LogP contribution in [0.5, 0.6) is 0 Å². The van der Waals surface area contributed by atoms with E-state index in [4.69, 9.17) is 5.73 Å². The van der Waals surface area contributed by atoms with Crippen LogP contribution in [-0.4, -0.2) is 33.9 Å². The fourth-order valence-electron chi connectivity index (χ4n) is 2.87. The highest BCUT2D eigenvalue weighted by molar-refractivity contribution is 7.99. The van der Waals surface area contributed by atoms with Crippen molar-refractivity contribution in [1.82, 2.24) is 0 Å². The summed E-state index contributed by atoms with van der Waals surface area (Å²) >= 11 is 1.63. The van der Waals surface area contributed by atoms with Crippen LogP contribution in [0.25, 0.3) is 0 Å². The molecule has 1 atom stereocenters. The number of hydrogen-bond donors (Lipinski definition) is 2. The van der Waals surface area contributed by atoms with E-state index in [2.05, 4.69) is 0 Å². The lowest BCUT2D eigenvalue weighted by Gasteiger charge is -2.46. The molecule has 0 amide bonds. The Balaban J connectivity index is 2.02. The fourth-order valence-corrected chi connectivity index (χ4v) is 4.27. The van der Waals surface area contributed by atoms with Gasteiger partial charge in [0.25, 0.3) is 0 Å². The Hall–Kier alpha value is 0.0600. The van der Waals surface area contributed by atoms with E-state index in [1.807, 2.05) is 0 Å². The van der Waals surface area contributed by atoms with Gasteiger partial charge in [-0.2, -0.15) is 24.9 Å². The summed E-state index contributed by atoms with van der Waals surface area (Å²) in [7, 11) is 0. The first-order chi connectivity index (χ1) is 7.77. The molecule has 1 saturated heterocycles. The van der Waals surface area contributed by atoms with Gasteiger partial charge < -0.3 is 10.8 Å². The summed E-state index contributed by atoms with van der Waals surface area (Å²) in [5, 5.41) is 10.4. The molecule has 1 unspecified atom stereocenters. The monoisotopic (exact) mass is 269 g/mol. The Morgan fingerprint density at radius 3 is 2.18 bits per heavy atom. The van der Waals surface area contributed by atoms with Crippen molar-refractivity contribution in [1.29, 1.82) is 0 Å². The highest BCUT2D eigenvalue weighted by Crippen LogP contribution is 2.47. The molecule has 0 aromatic carbocycles. The van der Waals surface area contributed by atoms with Crippen molar-refractivity contribution in [2.75, 3.05) is 11.5 Å². The Labute approximate surface area is 103 Å². The van der Waals surface area contributed by atoms with Gasteiger partial charge in [0.15, 0.2) is 0 Å². The van der Waals surface area contributed by atoms with Gasteiger partial charge in [-0.1, -0.05) is 0 Å². The van der Waals surface area contributed by atoms with E-state index in [1.54, 1.807) is 11.8 Å². The summed E-state index contributed by atoms with van der Waals surface area (Å²) in [6, 6.07) is 0. The molecule has 0 spiro atoms. The number of nitrogens with two attached hydrogens (primary N) is 1. The van der Waals surface area contributed by atoms with Crippen LogP contribution >= 0.6 is 11.8 Å². The zero-order valence-corrected chi connectivity index (χ0v) is 10.4. The molecule has 0 bridgehead atoms. The summed E-state index contributed by atoms with van der Waals surface area (Å²) in [5.74, 6) is 0.162. The SMILES string of the molecule is NC1(C2(O)CCSC2)CCC(C(F)(F)F)CC1. The predicted molar refractivity (Wildman–Crippen MR) is 61.8 cm³/mol.